The Morgan fingerprint density at radius 3 is 2.63 bits per heavy atom. The number of amides is 1. The number of aryl methyl sites for hydroxylation is 1. The van der Waals surface area contributed by atoms with Gasteiger partial charge in [0.1, 0.15) is 11.4 Å². The van der Waals surface area contributed by atoms with E-state index in [1.807, 2.05) is 37.6 Å². The minimum Gasteiger partial charge on any atom is -0.497 e. The summed E-state index contributed by atoms with van der Waals surface area (Å²) in [5, 5.41) is 7.84. The summed E-state index contributed by atoms with van der Waals surface area (Å²) in [6.07, 6.45) is 4.62. The van der Waals surface area contributed by atoms with Gasteiger partial charge in [0.25, 0.3) is 0 Å². The van der Waals surface area contributed by atoms with Crippen LogP contribution in [-0.4, -0.2) is 47.7 Å². The number of nitrogens with one attached hydrogen (secondary N) is 1. The zero-order chi connectivity index (χ0) is 21.7. The number of aromatic nitrogens is 2. The lowest BCUT2D eigenvalue weighted by Crippen LogP contribution is -2.49. The molecule has 0 saturated carbocycles. The largest absolute Gasteiger partial charge is 0.497 e. The summed E-state index contributed by atoms with van der Waals surface area (Å²) in [5.74, 6) is 0.853. The Hall–Kier alpha value is -2.70. The van der Waals surface area contributed by atoms with Crippen molar-refractivity contribution in [3.63, 3.8) is 0 Å². The first-order valence-electron chi connectivity index (χ1n) is 10.7. The van der Waals surface area contributed by atoms with E-state index >= 15 is 0 Å². The molecule has 0 bridgehead atoms. The van der Waals surface area contributed by atoms with Crippen LogP contribution in [0.1, 0.15) is 51.8 Å². The van der Waals surface area contributed by atoms with E-state index in [0.29, 0.717) is 6.54 Å². The SMILES string of the molecule is CCc1nn(Cc2ccc(OC)cc2)cc1N1CCC[C@H](NC(=O)OC(C)(C)C)C1. The van der Waals surface area contributed by atoms with Crippen LogP contribution in [0.15, 0.2) is 30.5 Å². The summed E-state index contributed by atoms with van der Waals surface area (Å²) in [6.45, 7) is 10.2. The molecule has 0 unspecified atom stereocenters. The number of anilines is 1. The molecule has 1 aliphatic rings. The number of piperidine rings is 1. The van der Waals surface area contributed by atoms with Crippen molar-refractivity contribution in [1.82, 2.24) is 15.1 Å². The minimum atomic E-state index is -0.490. The topological polar surface area (TPSA) is 68.6 Å². The van der Waals surface area contributed by atoms with Crippen LogP contribution in [0.25, 0.3) is 0 Å². The highest BCUT2D eigenvalue weighted by Gasteiger charge is 2.26. The Bertz CT molecular complexity index is 839. The van der Waals surface area contributed by atoms with E-state index in [9.17, 15) is 4.79 Å². The van der Waals surface area contributed by atoms with Gasteiger partial charge in [0, 0.05) is 25.3 Å². The van der Waals surface area contributed by atoms with E-state index in [2.05, 4.69) is 35.5 Å². The number of carbonyl (C=O) groups is 1. The first-order valence-corrected chi connectivity index (χ1v) is 10.7. The molecule has 1 aromatic heterocycles. The number of nitrogens with zero attached hydrogens (tertiary/aromatic N) is 3. The van der Waals surface area contributed by atoms with Crippen LogP contribution in [0, 0.1) is 0 Å². The van der Waals surface area contributed by atoms with Crippen molar-refractivity contribution >= 4 is 11.8 Å². The van der Waals surface area contributed by atoms with E-state index in [1.165, 1.54) is 5.56 Å². The molecule has 1 N–H and O–H groups in total. The molecule has 0 aliphatic carbocycles. The van der Waals surface area contributed by atoms with E-state index in [-0.39, 0.29) is 12.1 Å². The van der Waals surface area contributed by atoms with Crippen molar-refractivity contribution in [3.05, 3.63) is 41.7 Å². The van der Waals surface area contributed by atoms with Crippen LogP contribution in [0.2, 0.25) is 0 Å². The average molecular weight is 415 g/mol. The zero-order valence-electron chi connectivity index (χ0n) is 18.8. The standard InChI is InChI=1S/C23H34N4O3/c1-6-20-21(16-27(25-20)14-17-9-11-19(29-5)12-10-17)26-13-7-8-18(15-26)24-22(28)30-23(2,3)4/h9-12,16,18H,6-8,13-15H2,1-5H3,(H,24,28)/t18-/m0/s1. The summed E-state index contributed by atoms with van der Waals surface area (Å²) in [6, 6.07) is 8.14. The minimum absolute atomic E-state index is 0.0724. The summed E-state index contributed by atoms with van der Waals surface area (Å²) >= 11 is 0. The maximum Gasteiger partial charge on any atom is 0.407 e. The third kappa shape index (κ3) is 5.90. The van der Waals surface area contributed by atoms with E-state index in [4.69, 9.17) is 14.6 Å². The molecule has 1 atom stereocenters. The molecule has 0 spiro atoms. The molecule has 2 heterocycles. The Kier molecular flexibility index (Phi) is 6.90. The number of hydrogen-bond donors (Lipinski definition) is 1. The quantitative estimate of drug-likeness (QED) is 0.774. The second-order valence-corrected chi connectivity index (χ2v) is 8.79. The predicted octanol–water partition coefficient (Wildman–Crippen LogP) is 4.00. The number of ether oxygens (including phenoxy) is 2. The summed E-state index contributed by atoms with van der Waals surface area (Å²) < 4.78 is 12.7. The van der Waals surface area contributed by atoms with Gasteiger partial charge in [-0.3, -0.25) is 4.68 Å². The molecule has 3 rings (SSSR count). The molecule has 7 heteroatoms. The molecule has 1 aromatic carbocycles. The third-order valence-electron chi connectivity index (χ3n) is 5.14. The Balaban J connectivity index is 1.67. The lowest BCUT2D eigenvalue weighted by Gasteiger charge is -2.34. The second-order valence-electron chi connectivity index (χ2n) is 8.79. The van der Waals surface area contributed by atoms with E-state index in [1.54, 1.807) is 7.11 Å². The number of benzene rings is 1. The van der Waals surface area contributed by atoms with Crippen molar-refractivity contribution in [2.24, 2.45) is 0 Å². The van der Waals surface area contributed by atoms with Gasteiger partial charge >= 0.3 is 6.09 Å². The van der Waals surface area contributed by atoms with Gasteiger partial charge in [-0.05, 0) is 57.7 Å². The first kappa shape index (κ1) is 22.0. The Morgan fingerprint density at radius 1 is 1.27 bits per heavy atom. The van der Waals surface area contributed by atoms with Crippen LogP contribution in [0.5, 0.6) is 5.75 Å². The highest BCUT2D eigenvalue weighted by atomic mass is 16.6. The molecular formula is C23H34N4O3. The molecular weight excluding hydrogens is 380 g/mol. The lowest BCUT2D eigenvalue weighted by atomic mass is 10.0. The number of rotatable bonds is 6. The predicted molar refractivity (Wildman–Crippen MR) is 118 cm³/mol. The maximum absolute atomic E-state index is 12.2. The third-order valence-corrected chi connectivity index (χ3v) is 5.14. The maximum atomic E-state index is 12.2. The van der Waals surface area contributed by atoms with Gasteiger partial charge in [0.05, 0.1) is 25.0 Å². The van der Waals surface area contributed by atoms with Crippen molar-refractivity contribution in [2.45, 2.75) is 65.1 Å². The van der Waals surface area contributed by atoms with Crippen LogP contribution >= 0.6 is 0 Å². The molecule has 7 nitrogen and oxygen atoms in total. The molecule has 0 radical (unpaired) electrons. The normalized spacial score (nSPS) is 17.0. The van der Waals surface area contributed by atoms with Crippen molar-refractivity contribution in [3.8, 4) is 5.75 Å². The molecule has 1 saturated heterocycles. The van der Waals surface area contributed by atoms with Gasteiger partial charge in [-0.2, -0.15) is 5.10 Å². The second kappa shape index (κ2) is 9.41. The molecule has 1 amide bonds. The van der Waals surface area contributed by atoms with Crippen molar-refractivity contribution in [2.75, 3.05) is 25.1 Å². The Morgan fingerprint density at radius 2 is 2.00 bits per heavy atom. The fourth-order valence-electron chi connectivity index (χ4n) is 3.75. The van der Waals surface area contributed by atoms with Gasteiger partial charge in [-0.1, -0.05) is 19.1 Å². The number of hydrogen-bond acceptors (Lipinski definition) is 5. The zero-order valence-corrected chi connectivity index (χ0v) is 18.8. The van der Waals surface area contributed by atoms with Crippen LogP contribution in [0.4, 0.5) is 10.5 Å². The van der Waals surface area contributed by atoms with Gasteiger partial charge < -0.3 is 19.7 Å². The summed E-state index contributed by atoms with van der Waals surface area (Å²) in [7, 11) is 1.67. The van der Waals surface area contributed by atoms with Gasteiger partial charge in [0.2, 0.25) is 0 Å². The molecule has 1 fully saturated rings. The fourth-order valence-corrected chi connectivity index (χ4v) is 3.75. The fraction of sp³-hybridized carbons (Fsp3) is 0.565. The van der Waals surface area contributed by atoms with E-state index < -0.39 is 5.60 Å². The molecule has 1 aliphatic heterocycles. The monoisotopic (exact) mass is 414 g/mol. The number of carbonyl (C=O) groups excluding carboxylic acids is 1. The van der Waals surface area contributed by atoms with Gasteiger partial charge in [0.15, 0.2) is 0 Å². The summed E-state index contributed by atoms with van der Waals surface area (Å²) in [5.41, 5.74) is 2.93. The summed E-state index contributed by atoms with van der Waals surface area (Å²) in [4.78, 5) is 14.5. The first-order chi connectivity index (χ1) is 14.3. The van der Waals surface area contributed by atoms with Gasteiger partial charge in [-0.15, -0.1) is 0 Å². The smallest absolute Gasteiger partial charge is 0.407 e. The van der Waals surface area contributed by atoms with Crippen LogP contribution < -0.4 is 15.0 Å². The van der Waals surface area contributed by atoms with Gasteiger partial charge in [-0.25, -0.2) is 4.79 Å². The molecule has 30 heavy (non-hydrogen) atoms. The number of methoxy groups -OCH3 is 1. The van der Waals surface area contributed by atoms with E-state index in [0.717, 1.165) is 49.5 Å². The average Bonchev–Trinajstić information content (AvgIpc) is 3.10. The van der Waals surface area contributed by atoms with Crippen LogP contribution in [0.3, 0.4) is 0 Å². The highest BCUT2D eigenvalue weighted by Crippen LogP contribution is 2.25. The molecule has 2 aromatic rings. The van der Waals surface area contributed by atoms with Crippen molar-refractivity contribution < 1.29 is 14.3 Å². The van der Waals surface area contributed by atoms with Crippen molar-refractivity contribution in [1.29, 1.82) is 0 Å². The molecule has 164 valence electrons. The number of alkyl carbamates (subject to hydrolysis) is 1. The van der Waals surface area contributed by atoms with Crippen LogP contribution in [-0.2, 0) is 17.7 Å². The lowest BCUT2D eigenvalue weighted by molar-refractivity contribution is 0.0500. The Labute approximate surface area is 179 Å². The highest BCUT2D eigenvalue weighted by molar-refractivity contribution is 5.68.